The number of hydrogen-bond donors (Lipinski definition) is 2. The van der Waals surface area contributed by atoms with E-state index in [1.807, 2.05) is 6.92 Å². The lowest BCUT2D eigenvalue weighted by molar-refractivity contribution is 0.146. The molecule has 2 nitrogen and oxygen atoms in total. The van der Waals surface area contributed by atoms with Crippen LogP contribution in [0, 0.1) is 0 Å². The first kappa shape index (κ1) is 9.78. The molecule has 0 aliphatic carbocycles. The van der Waals surface area contributed by atoms with Gasteiger partial charge >= 0.3 is 0 Å². The van der Waals surface area contributed by atoms with E-state index < -0.39 is 6.43 Å². The highest BCUT2D eigenvalue weighted by atomic mass is 19.3. The molecule has 0 aromatic heterocycles. The van der Waals surface area contributed by atoms with Crippen LogP contribution in [-0.2, 0) is 0 Å². The maximum atomic E-state index is 11.5. The molecule has 3 N–H and O–H groups in total. The molecule has 0 aliphatic heterocycles. The van der Waals surface area contributed by atoms with Crippen molar-refractivity contribution < 1.29 is 8.78 Å². The minimum absolute atomic E-state index is 0.0881. The number of halogens is 2. The Morgan fingerprint density at radius 2 is 2.10 bits per heavy atom. The standard InChI is InChI=1S/C6H14F2N2/c1-5(9)2-3-10-4-6(7)8/h5-6,10H,2-4,9H2,1H3. The molecule has 0 aromatic carbocycles. The van der Waals surface area contributed by atoms with Crippen LogP contribution in [0.5, 0.6) is 0 Å². The lowest BCUT2D eigenvalue weighted by Crippen LogP contribution is -2.27. The summed E-state index contributed by atoms with van der Waals surface area (Å²) in [6, 6.07) is 0.0881. The molecular formula is C6H14F2N2. The van der Waals surface area contributed by atoms with Crippen LogP contribution in [0.2, 0.25) is 0 Å². The van der Waals surface area contributed by atoms with E-state index >= 15 is 0 Å². The van der Waals surface area contributed by atoms with E-state index in [9.17, 15) is 8.78 Å². The van der Waals surface area contributed by atoms with Crippen LogP contribution in [0.1, 0.15) is 13.3 Å². The van der Waals surface area contributed by atoms with E-state index in [1.54, 1.807) is 0 Å². The number of nitrogens with one attached hydrogen (secondary N) is 1. The third kappa shape index (κ3) is 7.78. The first-order valence-electron chi connectivity index (χ1n) is 3.37. The van der Waals surface area contributed by atoms with Crippen LogP contribution in [0.15, 0.2) is 0 Å². The van der Waals surface area contributed by atoms with Crippen molar-refractivity contribution in [3.63, 3.8) is 0 Å². The highest BCUT2D eigenvalue weighted by molar-refractivity contribution is 4.56. The van der Waals surface area contributed by atoms with E-state index in [-0.39, 0.29) is 12.6 Å². The zero-order valence-electron chi connectivity index (χ0n) is 6.11. The van der Waals surface area contributed by atoms with Gasteiger partial charge in [0.1, 0.15) is 0 Å². The molecule has 0 spiro atoms. The average molecular weight is 152 g/mol. The Morgan fingerprint density at radius 1 is 1.50 bits per heavy atom. The summed E-state index contributed by atoms with van der Waals surface area (Å²) in [5, 5.41) is 2.59. The molecule has 0 radical (unpaired) electrons. The van der Waals surface area contributed by atoms with Crippen molar-refractivity contribution in [3.05, 3.63) is 0 Å². The van der Waals surface area contributed by atoms with Crippen LogP contribution in [0.4, 0.5) is 8.78 Å². The lowest BCUT2D eigenvalue weighted by Gasteiger charge is -2.05. The van der Waals surface area contributed by atoms with Crippen molar-refractivity contribution in [2.45, 2.75) is 25.8 Å². The molecule has 0 rings (SSSR count). The molecule has 10 heavy (non-hydrogen) atoms. The Morgan fingerprint density at radius 3 is 2.50 bits per heavy atom. The van der Waals surface area contributed by atoms with E-state index in [1.165, 1.54) is 0 Å². The first-order chi connectivity index (χ1) is 4.63. The number of rotatable bonds is 5. The number of alkyl halides is 2. The summed E-state index contributed by atoms with van der Waals surface area (Å²) >= 11 is 0. The molecule has 0 aromatic rings. The molecule has 0 saturated heterocycles. The minimum Gasteiger partial charge on any atom is -0.328 e. The van der Waals surface area contributed by atoms with E-state index in [4.69, 9.17) is 5.73 Å². The smallest absolute Gasteiger partial charge is 0.250 e. The highest BCUT2D eigenvalue weighted by Gasteiger charge is 2.00. The Hall–Kier alpha value is -0.220. The zero-order chi connectivity index (χ0) is 7.98. The van der Waals surface area contributed by atoms with E-state index in [0.717, 1.165) is 6.42 Å². The second-order valence-corrected chi connectivity index (χ2v) is 2.36. The van der Waals surface area contributed by atoms with Gasteiger partial charge in [-0.3, -0.25) is 0 Å². The second kappa shape index (κ2) is 5.56. The number of hydrogen-bond acceptors (Lipinski definition) is 2. The van der Waals surface area contributed by atoms with Gasteiger partial charge in [0, 0.05) is 6.04 Å². The van der Waals surface area contributed by atoms with Gasteiger partial charge in [0.15, 0.2) is 0 Å². The average Bonchev–Trinajstić information content (AvgIpc) is 1.79. The van der Waals surface area contributed by atoms with Gasteiger partial charge < -0.3 is 11.1 Å². The largest absolute Gasteiger partial charge is 0.328 e. The summed E-state index contributed by atoms with van der Waals surface area (Å²) in [6.07, 6.45) is -1.51. The summed E-state index contributed by atoms with van der Waals surface area (Å²) in [4.78, 5) is 0. The first-order valence-corrected chi connectivity index (χ1v) is 3.37. The minimum atomic E-state index is -2.26. The van der Waals surface area contributed by atoms with Crippen LogP contribution in [0.25, 0.3) is 0 Å². The van der Waals surface area contributed by atoms with Crippen molar-refractivity contribution in [3.8, 4) is 0 Å². The Bertz CT molecular complexity index is 66.1. The van der Waals surface area contributed by atoms with Crippen LogP contribution >= 0.6 is 0 Å². The maximum absolute atomic E-state index is 11.5. The normalized spacial score (nSPS) is 14.1. The maximum Gasteiger partial charge on any atom is 0.250 e. The van der Waals surface area contributed by atoms with Crippen molar-refractivity contribution in [2.75, 3.05) is 13.1 Å². The van der Waals surface area contributed by atoms with Gasteiger partial charge in [0.2, 0.25) is 0 Å². The van der Waals surface area contributed by atoms with E-state index in [0.29, 0.717) is 6.54 Å². The van der Waals surface area contributed by atoms with Gasteiger partial charge in [0.25, 0.3) is 6.43 Å². The van der Waals surface area contributed by atoms with Gasteiger partial charge in [-0.25, -0.2) is 8.78 Å². The van der Waals surface area contributed by atoms with Gasteiger partial charge in [0.05, 0.1) is 6.54 Å². The SMILES string of the molecule is CC(N)CCNCC(F)F. The molecular weight excluding hydrogens is 138 g/mol. The molecule has 1 unspecified atom stereocenters. The predicted octanol–water partition coefficient (Wildman–Crippen LogP) is 0.578. The van der Waals surface area contributed by atoms with Crippen LogP contribution < -0.4 is 11.1 Å². The van der Waals surface area contributed by atoms with Gasteiger partial charge in [-0.1, -0.05) is 0 Å². The number of nitrogens with two attached hydrogens (primary N) is 1. The molecule has 62 valence electrons. The Labute approximate surface area is 59.8 Å². The molecule has 0 aliphatic rings. The van der Waals surface area contributed by atoms with Crippen molar-refractivity contribution in [1.82, 2.24) is 5.32 Å². The Kier molecular flexibility index (Phi) is 5.43. The monoisotopic (exact) mass is 152 g/mol. The Balaban J connectivity index is 2.91. The van der Waals surface area contributed by atoms with Crippen LogP contribution in [-0.4, -0.2) is 25.6 Å². The molecule has 0 amide bonds. The lowest BCUT2D eigenvalue weighted by atomic mass is 10.2. The quantitative estimate of drug-likeness (QED) is 0.565. The van der Waals surface area contributed by atoms with Crippen molar-refractivity contribution in [2.24, 2.45) is 5.73 Å². The van der Waals surface area contributed by atoms with Crippen molar-refractivity contribution >= 4 is 0 Å². The van der Waals surface area contributed by atoms with Gasteiger partial charge in [-0.15, -0.1) is 0 Å². The molecule has 1 atom stereocenters. The predicted molar refractivity (Wildman–Crippen MR) is 37.1 cm³/mol. The van der Waals surface area contributed by atoms with Gasteiger partial charge in [-0.2, -0.15) is 0 Å². The molecule has 0 fully saturated rings. The second-order valence-electron chi connectivity index (χ2n) is 2.36. The van der Waals surface area contributed by atoms with Crippen molar-refractivity contribution in [1.29, 1.82) is 0 Å². The summed E-state index contributed by atoms with van der Waals surface area (Å²) in [6.45, 7) is 2.19. The highest BCUT2D eigenvalue weighted by Crippen LogP contribution is 1.88. The summed E-state index contributed by atoms with van der Waals surface area (Å²) in [5.74, 6) is 0. The molecule has 0 saturated carbocycles. The topological polar surface area (TPSA) is 38.0 Å². The van der Waals surface area contributed by atoms with Crippen LogP contribution in [0.3, 0.4) is 0 Å². The summed E-state index contributed by atoms with van der Waals surface area (Å²) < 4.78 is 22.9. The van der Waals surface area contributed by atoms with Gasteiger partial charge in [-0.05, 0) is 19.9 Å². The molecule has 0 heterocycles. The third-order valence-electron chi connectivity index (χ3n) is 1.08. The summed E-state index contributed by atoms with van der Waals surface area (Å²) in [5.41, 5.74) is 5.38. The summed E-state index contributed by atoms with van der Waals surface area (Å²) in [7, 11) is 0. The molecule has 4 heteroatoms. The molecule has 0 bridgehead atoms. The zero-order valence-corrected chi connectivity index (χ0v) is 6.11. The fourth-order valence-corrected chi connectivity index (χ4v) is 0.541. The fraction of sp³-hybridized carbons (Fsp3) is 1.00. The van der Waals surface area contributed by atoms with E-state index in [2.05, 4.69) is 5.32 Å². The fourth-order valence-electron chi connectivity index (χ4n) is 0.541. The third-order valence-corrected chi connectivity index (χ3v) is 1.08.